The molecule has 2 fully saturated rings. The molecule has 1 N–H and O–H groups in total. The predicted octanol–water partition coefficient (Wildman–Crippen LogP) is 2.19. The van der Waals surface area contributed by atoms with Crippen molar-refractivity contribution < 1.29 is 9.59 Å². The normalized spacial score (nSPS) is 19.9. The lowest BCUT2D eigenvalue weighted by Crippen LogP contribution is -2.52. The average Bonchev–Trinajstić information content (AvgIpc) is 3.40. The predicted molar refractivity (Wildman–Crippen MR) is 94.9 cm³/mol. The first-order valence-corrected chi connectivity index (χ1v) is 8.87. The molecule has 0 atom stereocenters. The molecule has 1 saturated heterocycles. The summed E-state index contributed by atoms with van der Waals surface area (Å²) in [6.45, 7) is 10.4. The standard InChI is InChI=1S/C19H27N3O2/c1-4-21-10-12-22(13-11-21)18(24)19(8-9-19)17(23)20-16-7-5-6-14(2)15(16)3/h5-7H,4,8-13H2,1-3H3,(H,20,23). The van der Waals surface area contributed by atoms with Gasteiger partial charge in [0, 0.05) is 31.9 Å². The number of anilines is 1. The smallest absolute Gasteiger partial charge is 0.240 e. The largest absolute Gasteiger partial charge is 0.339 e. The van der Waals surface area contributed by atoms with Gasteiger partial charge in [-0.2, -0.15) is 0 Å². The van der Waals surface area contributed by atoms with Crippen LogP contribution in [0.4, 0.5) is 5.69 Å². The molecule has 0 unspecified atom stereocenters. The summed E-state index contributed by atoms with van der Waals surface area (Å²) in [5.74, 6) is -0.125. The zero-order chi connectivity index (χ0) is 17.3. The number of aryl methyl sites for hydroxylation is 1. The Labute approximate surface area is 144 Å². The number of hydrogen-bond acceptors (Lipinski definition) is 3. The number of piperazine rings is 1. The number of rotatable bonds is 4. The Balaban J connectivity index is 1.68. The molecule has 1 aromatic carbocycles. The maximum absolute atomic E-state index is 12.9. The molecule has 2 amide bonds. The highest BCUT2D eigenvalue weighted by atomic mass is 16.2. The second-order valence-electron chi connectivity index (χ2n) is 7.01. The minimum Gasteiger partial charge on any atom is -0.339 e. The van der Waals surface area contributed by atoms with E-state index in [4.69, 9.17) is 0 Å². The highest BCUT2D eigenvalue weighted by Gasteiger charge is 2.58. The van der Waals surface area contributed by atoms with E-state index in [-0.39, 0.29) is 11.8 Å². The van der Waals surface area contributed by atoms with Crippen LogP contribution in [-0.4, -0.2) is 54.3 Å². The molecule has 0 spiro atoms. The third kappa shape index (κ3) is 3.05. The van der Waals surface area contributed by atoms with Crippen LogP contribution in [0.25, 0.3) is 0 Å². The number of likely N-dealkylation sites (N-methyl/N-ethyl adjacent to an activating group) is 1. The van der Waals surface area contributed by atoms with Gasteiger partial charge in [-0.3, -0.25) is 9.59 Å². The van der Waals surface area contributed by atoms with Crippen molar-refractivity contribution in [3.05, 3.63) is 29.3 Å². The lowest BCUT2D eigenvalue weighted by molar-refractivity contribution is -0.143. The first kappa shape index (κ1) is 17.0. The van der Waals surface area contributed by atoms with Crippen LogP contribution in [0.15, 0.2) is 18.2 Å². The van der Waals surface area contributed by atoms with Gasteiger partial charge in [0.2, 0.25) is 11.8 Å². The van der Waals surface area contributed by atoms with Crippen molar-refractivity contribution in [2.75, 3.05) is 38.0 Å². The molecule has 2 aliphatic rings. The number of carbonyl (C=O) groups excluding carboxylic acids is 2. The van der Waals surface area contributed by atoms with E-state index in [1.54, 1.807) is 0 Å². The van der Waals surface area contributed by atoms with Crippen LogP contribution in [0.5, 0.6) is 0 Å². The van der Waals surface area contributed by atoms with Crippen LogP contribution in [-0.2, 0) is 9.59 Å². The van der Waals surface area contributed by atoms with E-state index in [1.807, 2.05) is 36.9 Å². The van der Waals surface area contributed by atoms with E-state index in [2.05, 4.69) is 17.1 Å². The molecule has 1 aliphatic carbocycles. The molecule has 0 radical (unpaired) electrons. The number of benzene rings is 1. The molecule has 3 rings (SSSR count). The Morgan fingerprint density at radius 3 is 2.38 bits per heavy atom. The number of hydrogen-bond donors (Lipinski definition) is 1. The summed E-state index contributed by atoms with van der Waals surface area (Å²) < 4.78 is 0. The zero-order valence-corrected chi connectivity index (χ0v) is 14.9. The molecular weight excluding hydrogens is 302 g/mol. The minimum atomic E-state index is -0.829. The van der Waals surface area contributed by atoms with Crippen LogP contribution in [0.1, 0.15) is 30.9 Å². The molecule has 5 nitrogen and oxygen atoms in total. The van der Waals surface area contributed by atoms with Gasteiger partial charge in [-0.25, -0.2) is 0 Å². The third-order valence-electron chi connectivity index (χ3n) is 5.55. The average molecular weight is 329 g/mol. The summed E-state index contributed by atoms with van der Waals surface area (Å²) in [6, 6.07) is 5.86. The molecule has 1 aliphatic heterocycles. The van der Waals surface area contributed by atoms with Crippen LogP contribution >= 0.6 is 0 Å². The molecule has 1 saturated carbocycles. The fourth-order valence-electron chi connectivity index (χ4n) is 3.36. The second-order valence-corrected chi connectivity index (χ2v) is 7.01. The minimum absolute atomic E-state index is 0.0149. The molecule has 0 bridgehead atoms. The van der Waals surface area contributed by atoms with E-state index in [0.717, 1.165) is 49.5 Å². The van der Waals surface area contributed by atoms with Crippen molar-refractivity contribution in [3.8, 4) is 0 Å². The Morgan fingerprint density at radius 2 is 1.79 bits per heavy atom. The summed E-state index contributed by atoms with van der Waals surface area (Å²) in [5.41, 5.74) is 2.19. The molecule has 1 aromatic rings. The van der Waals surface area contributed by atoms with Crippen LogP contribution < -0.4 is 5.32 Å². The number of amides is 2. The summed E-state index contributed by atoms with van der Waals surface area (Å²) in [6.07, 6.45) is 1.33. The van der Waals surface area contributed by atoms with Gasteiger partial charge in [0.05, 0.1) is 0 Å². The van der Waals surface area contributed by atoms with Gasteiger partial charge in [-0.05, 0) is 50.4 Å². The number of carbonyl (C=O) groups is 2. The lowest BCUT2D eigenvalue weighted by atomic mass is 10.0. The lowest BCUT2D eigenvalue weighted by Gasteiger charge is -2.35. The third-order valence-corrected chi connectivity index (χ3v) is 5.55. The monoisotopic (exact) mass is 329 g/mol. The molecule has 0 aromatic heterocycles. The van der Waals surface area contributed by atoms with Crippen molar-refractivity contribution in [1.29, 1.82) is 0 Å². The topological polar surface area (TPSA) is 52.7 Å². The summed E-state index contributed by atoms with van der Waals surface area (Å²) in [5, 5.41) is 3.00. The van der Waals surface area contributed by atoms with E-state index in [9.17, 15) is 9.59 Å². The van der Waals surface area contributed by atoms with Gasteiger partial charge in [-0.15, -0.1) is 0 Å². The first-order valence-electron chi connectivity index (χ1n) is 8.87. The Bertz CT molecular complexity index is 644. The fraction of sp³-hybridized carbons (Fsp3) is 0.579. The molecular formula is C19H27N3O2. The second kappa shape index (κ2) is 6.55. The highest BCUT2D eigenvalue weighted by molar-refractivity contribution is 6.13. The van der Waals surface area contributed by atoms with Gasteiger partial charge in [0.15, 0.2) is 0 Å². The number of nitrogens with zero attached hydrogens (tertiary/aromatic N) is 2. The zero-order valence-electron chi connectivity index (χ0n) is 14.9. The van der Waals surface area contributed by atoms with Crippen LogP contribution in [0.3, 0.4) is 0 Å². The van der Waals surface area contributed by atoms with Crippen molar-refractivity contribution in [3.63, 3.8) is 0 Å². The van der Waals surface area contributed by atoms with Crippen molar-refractivity contribution in [2.24, 2.45) is 5.41 Å². The maximum atomic E-state index is 12.9. The van der Waals surface area contributed by atoms with Crippen molar-refractivity contribution in [1.82, 2.24) is 9.80 Å². The van der Waals surface area contributed by atoms with Crippen molar-refractivity contribution >= 4 is 17.5 Å². The van der Waals surface area contributed by atoms with Crippen LogP contribution in [0, 0.1) is 19.3 Å². The fourth-order valence-corrected chi connectivity index (χ4v) is 3.36. The van der Waals surface area contributed by atoms with E-state index in [0.29, 0.717) is 12.8 Å². The summed E-state index contributed by atoms with van der Waals surface area (Å²) in [7, 11) is 0. The van der Waals surface area contributed by atoms with Gasteiger partial charge >= 0.3 is 0 Å². The van der Waals surface area contributed by atoms with E-state index >= 15 is 0 Å². The SMILES string of the molecule is CCN1CCN(C(=O)C2(C(=O)Nc3cccc(C)c3C)CC2)CC1. The van der Waals surface area contributed by atoms with Gasteiger partial charge < -0.3 is 15.1 Å². The van der Waals surface area contributed by atoms with E-state index in [1.165, 1.54) is 0 Å². The quantitative estimate of drug-likeness (QED) is 0.862. The maximum Gasteiger partial charge on any atom is 0.240 e. The van der Waals surface area contributed by atoms with Gasteiger partial charge in [0.25, 0.3) is 0 Å². The molecule has 24 heavy (non-hydrogen) atoms. The first-order chi connectivity index (χ1) is 11.5. The molecule has 5 heteroatoms. The Kier molecular flexibility index (Phi) is 4.63. The summed E-state index contributed by atoms with van der Waals surface area (Å²) in [4.78, 5) is 29.9. The van der Waals surface area contributed by atoms with Gasteiger partial charge in [0.1, 0.15) is 5.41 Å². The highest BCUT2D eigenvalue weighted by Crippen LogP contribution is 2.48. The molecule has 130 valence electrons. The van der Waals surface area contributed by atoms with Gasteiger partial charge in [-0.1, -0.05) is 19.1 Å². The Morgan fingerprint density at radius 1 is 1.12 bits per heavy atom. The summed E-state index contributed by atoms with van der Waals surface area (Å²) >= 11 is 0. The van der Waals surface area contributed by atoms with E-state index < -0.39 is 5.41 Å². The van der Waals surface area contributed by atoms with Crippen molar-refractivity contribution in [2.45, 2.75) is 33.6 Å². The van der Waals surface area contributed by atoms with Crippen LogP contribution in [0.2, 0.25) is 0 Å². The molecule has 1 heterocycles. The Hall–Kier alpha value is -1.88. The number of nitrogens with one attached hydrogen (secondary N) is 1.